The van der Waals surface area contributed by atoms with Crippen LogP contribution in [0.3, 0.4) is 0 Å². The highest BCUT2D eigenvalue weighted by molar-refractivity contribution is 5.94. The summed E-state index contributed by atoms with van der Waals surface area (Å²) in [4.78, 5) is 69.3. The lowest BCUT2D eigenvalue weighted by Crippen LogP contribution is -2.58. The van der Waals surface area contributed by atoms with Gasteiger partial charge in [-0.05, 0) is 17.9 Å². The van der Waals surface area contributed by atoms with Crippen molar-refractivity contribution < 1.29 is 29.1 Å². The number of nitrogens with two attached hydrogens (primary N) is 2. The Labute approximate surface area is 226 Å². The van der Waals surface area contributed by atoms with Crippen LogP contribution in [0, 0.1) is 5.92 Å². The van der Waals surface area contributed by atoms with E-state index in [1.165, 1.54) is 12.5 Å². The first kappa shape index (κ1) is 31.0. The molecule has 0 aliphatic heterocycles. The number of benzene rings is 1. The molecule has 1 aromatic carbocycles. The van der Waals surface area contributed by atoms with E-state index in [1.807, 2.05) is 6.92 Å². The van der Waals surface area contributed by atoms with Crippen LogP contribution < -0.4 is 27.4 Å². The number of aliphatic carboxylic acids is 1. The molecule has 1 aromatic heterocycles. The molecule has 5 atom stereocenters. The number of hydrogen-bond donors (Lipinski definition) is 7. The monoisotopic (exact) mass is 543 g/mol. The Morgan fingerprint density at radius 3 is 2.13 bits per heavy atom. The predicted octanol–water partition coefficient (Wildman–Crippen LogP) is -0.627. The zero-order chi connectivity index (χ0) is 28.9. The van der Waals surface area contributed by atoms with Crippen molar-refractivity contribution >= 4 is 29.6 Å². The maximum absolute atomic E-state index is 13.3. The molecule has 2 rings (SSSR count). The molecule has 0 aliphatic carbocycles. The van der Waals surface area contributed by atoms with Gasteiger partial charge in [0.1, 0.15) is 18.1 Å². The van der Waals surface area contributed by atoms with Gasteiger partial charge in [-0.15, -0.1) is 0 Å². The summed E-state index contributed by atoms with van der Waals surface area (Å²) < 4.78 is 0. The molecule has 0 saturated heterocycles. The summed E-state index contributed by atoms with van der Waals surface area (Å²) in [6, 6.07) is 4.18. The van der Waals surface area contributed by atoms with Crippen LogP contribution in [0.15, 0.2) is 42.9 Å². The fourth-order valence-electron chi connectivity index (χ4n) is 3.76. The maximum atomic E-state index is 13.3. The molecule has 4 amide bonds. The first-order chi connectivity index (χ1) is 18.5. The number of aromatic amines is 1. The minimum Gasteiger partial charge on any atom is -0.480 e. The molecule has 0 bridgehead atoms. The van der Waals surface area contributed by atoms with E-state index in [0.29, 0.717) is 17.7 Å². The lowest BCUT2D eigenvalue weighted by atomic mass is 9.98. The van der Waals surface area contributed by atoms with Crippen molar-refractivity contribution in [3.63, 3.8) is 0 Å². The zero-order valence-corrected chi connectivity index (χ0v) is 22.1. The van der Waals surface area contributed by atoms with Crippen molar-refractivity contribution in [3.05, 3.63) is 54.1 Å². The third-order valence-corrected chi connectivity index (χ3v) is 6.38. The van der Waals surface area contributed by atoms with Crippen molar-refractivity contribution in [1.29, 1.82) is 0 Å². The van der Waals surface area contributed by atoms with Crippen LogP contribution in [0.4, 0.5) is 0 Å². The Bertz CT molecular complexity index is 1110. The van der Waals surface area contributed by atoms with Gasteiger partial charge in [-0.3, -0.25) is 19.2 Å². The first-order valence-corrected chi connectivity index (χ1v) is 12.7. The molecule has 1 heterocycles. The van der Waals surface area contributed by atoms with E-state index in [0.717, 1.165) is 0 Å². The number of nitrogens with zero attached hydrogens (tertiary/aromatic N) is 1. The van der Waals surface area contributed by atoms with Gasteiger partial charge in [-0.1, -0.05) is 50.6 Å². The molecular formula is C26H37N7O6. The fraction of sp³-hybridized carbons (Fsp3) is 0.462. The number of primary amides is 1. The SMILES string of the molecule is CCC(C)C(N)C(=O)NC(CCC(N)=O)C(=O)NC(Cc1cnc[nH]1)C(=O)NC(Cc1ccccc1)C(=O)O. The second-order valence-corrected chi connectivity index (χ2v) is 9.41. The highest BCUT2D eigenvalue weighted by Crippen LogP contribution is 2.09. The van der Waals surface area contributed by atoms with Crippen LogP contribution in [0.25, 0.3) is 0 Å². The molecule has 13 nitrogen and oxygen atoms in total. The molecule has 0 radical (unpaired) electrons. The molecule has 0 aliphatic rings. The molecule has 13 heteroatoms. The van der Waals surface area contributed by atoms with E-state index >= 15 is 0 Å². The van der Waals surface area contributed by atoms with E-state index in [1.54, 1.807) is 37.3 Å². The molecule has 39 heavy (non-hydrogen) atoms. The van der Waals surface area contributed by atoms with Crippen molar-refractivity contribution in [2.24, 2.45) is 17.4 Å². The summed E-state index contributed by atoms with van der Waals surface area (Å²) in [5.74, 6) is -4.18. The van der Waals surface area contributed by atoms with E-state index in [-0.39, 0.29) is 31.6 Å². The van der Waals surface area contributed by atoms with Crippen LogP contribution in [0.2, 0.25) is 0 Å². The Balaban J connectivity index is 2.23. The van der Waals surface area contributed by atoms with Gasteiger partial charge in [0, 0.05) is 31.2 Å². The van der Waals surface area contributed by atoms with Crippen LogP contribution >= 0.6 is 0 Å². The molecular weight excluding hydrogens is 506 g/mol. The molecule has 0 saturated carbocycles. The number of carbonyl (C=O) groups is 5. The highest BCUT2D eigenvalue weighted by Gasteiger charge is 2.31. The number of carboxylic acid groups (broad SMARTS) is 1. The van der Waals surface area contributed by atoms with Crippen LogP contribution in [-0.4, -0.2) is 68.8 Å². The fourth-order valence-corrected chi connectivity index (χ4v) is 3.76. The van der Waals surface area contributed by atoms with E-state index in [9.17, 15) is 29.1 Å². The third kappa shape index (κ3) is 10.2. The third-order valence-electron chi connectivity index (χ3n) is 6.38. The van der Waals surface area contributed by atoms with Crippen LogP contribution in [0.1, 0.15) is 44.4 Å². The second kappa shape index (κ2) is 15.2. The van der Waals surface area contributed by atoms with Gasteiger partial charge in [0.15, 0.2) is 0 Å². The summed E-state index contributed by atoms with van der Waals surface area (Å²) in [5, 5.41) is 17.3. The van der Waals surface area contributed by atoms with Gasteiger partial charge >= 0.3 is 5.97 Å². The summed E-state index contributed by atoms with van der Waals surface area (Å²) in [6.07, 6.45) is 3.15. The first-order valence-electron chi connectivity index (χ1n) is 12.7. The summed E-state index contributed by atoms with van der Waals surface area (Å²) >= 11 is 0. The topological polar surface area (TPSA) is 222 Å². The average Bonchev–Trinajstić information content (AvgIpc) is 3.42. The van der Waals surface area contributed by atoms with E-state index in [2.05, 4.69) is 25.9 Å². The number of carboxylic acids is 1. The predicted molar refractivity (Wildman–Crippen MR) is 142 cm³/mol. The Morgan fingerprint density at radius 2 is 1.56 bits per heavy atom. The smallest absolute Gasteiger partial charge is 0.326 e. The summed E-state index contributed by atoms with van der Waals surface area (Å²) in [6.45, 7) is 3.66. The van der Waals surface area contributed by atoms with E-state index in [4.69, 9.17) is 11.5 Å². The summed E-state index contributed by atoms with van der Waals surface area (Å²) in [7, 11) is 0. The second-order valence-electron chi connectivity index (χ2n) is 9.41. The molecule has 0 spiro atoms. The number of imidazole rings is 1. The van der Waals surface area contributed by atoms with Crippen molar-refractivity contribution in [1.82, 2.24) is 25.9 Å². The standard InChI is InChI=1S/C26H37N7O6/c1-3-15(2)22(28)25(37)31-18(9-10-21(27)34)23(35)32-19(12-17-13-29-14-30-17)24(36)33-20(26(38)39)11-16-7-5-4-6-8-16/h4-8,13-15,18-20,22H,3,9-12,28H2,1-2H3,(H2,27,34)(H,29,30)(H,31,37)(H,32,35)(H,33,36)(H,38,39). The lowest BCUT2D eigenvalue weighted by Gasteiger charge is -2.26. The minimum atomic E-state index is -1.26. The number of rotatable bonds is 16. The Kier molecular flexibility index (Phi) is 12.1. The van der Waals surface area contributed by atoms with Gasteiger partial charge in [-0.25, -0.2) is 9.78 Å². The number of aromatic nitrogens is 2. The summed E-state index contributed by atoms with van der Waals surface area (Å²) in [5.41, 5.74) is 12.4. The number of nitrogens with one attached hydrogen (secondary N) is 4. The normalized spacial score (nSPS) is 14.7. The molecule has 9 N–H and O–H groups in total. The van der Waals surface area contributed by atoms with Gasteiger partial charge in [-0.2, -0.15) is 0 Å². The Morgan fingerprint density at radius 1 is 0.949 bits per heavy atom. The zero-order valence-electron chi connectivity index (χ0n) is 22.1. The van der Waals surface area contributed by atoms with Gasteiger partial charge in [0.05, 0.1) is 12.4 Å². The number of hydrogen-bond acceptors (Lipinski definition) is 7. The van der Waals surface area contributed by atoms with Gasteiger partial charge < -0.3 is 37.5 Å². The maximum Gasteiger partial charge on any atom is 0.326 e. The minimum absolute atomic E-state index is 0.0252. The lowest BCUT2D eigenvalue weighted by molar-refractivity contribution is -0.142. The number of carbonyl (C=O) groups excluding carboxylic acids is 4. The van der Waals surface area contributed by atoms with Crippen molar-refractivity contribution in [2.45, 2.75) is 70.1 Å². The van der Waals surface area contributed by atoms with Crippen LogP contribution in [0.5, 0.6) is 0 Å². The van der Waals surface area contributed by atoms with Gasteiger partial charge in [0.25, 0.3) is 0 Å². The van der Waals surface area contributed by atoms with Crippen molar-refractivity contribution in [2.75, 3.05) is 0 Å². The largest absolute Gasteiger partial charge is 0.480 e. The Hall–Kier alpha value is -4.26. The molecule has 0 fully saturated rings. The molecule has 5 unspecified atom stereocenters. The van der Waals surface area contributed by atoms with E-state index < -0.39 is 53.8 Å². The number of amides is 4. The quantitative estimate of drug-likeness (QED) is 0.144. The highest BCUT2D eigenvalue weighted by atomic mass is 16.4. The van der Waals surface area contributed by atoms with Gasteiger partial charge in [0.2, 0.25) is 23.6 Å². The molecule has 212 valence electrons. The molecule has 2 aromatic rings. The van der Waals surface area contributed by atoms with Crippen LogP contribution in [-0.2, 0) is 36.8 Å². The number of H-pyrrole nitrogens is 1. The average molecular weight is 544 g/mol. The van der Waals surface area contributed by atoms with Crippen molar-refractivity contribution in [3.8, 4) is 0 Å².